The minimum absolute atomic E-state index is 0.0315. The second-order valence-corrected chi connectivity index (χ2v) is 7.16. The monoisotopic (exact) mass is 380 g/mol. The zero-order chi connectivity index (χ0) is 18.5. The number of aryl methyl sites for hydroxylation is 2. The van der Waals surface area contributed by atoms with E-state index >= 15 is 0 Å². The molecule has 2 nitrogen and oxygen atoms in total. The quantitative estimate of drug-likeness (QED) is 0.540. The first-order chi connectivity index (χ1) is 12.5. The summed E-state index contributed by atoms with van der Waals surface area (Å²) in [4.78, 5) is 0. The molecule has 4 heteroatoms. The molecule has 3 aromatic rings. The zero-order valence-corrected chi connectivity index (χ0v) is 16.4. The Morgan fingerprint density at radius 1 is 0.923 bits per heavy atom. The second-order valence-electron chi connectivity index (χ2n) is 6.31. The van der Waals surface area contributed by atoms with Gasteiger partial charge in [0.15, 0.2) is 5.11 Å². The van der Waals surface area contributed by atoms with E-state index in [1.165, 1.54) is 16.7 Å². The second kappa shape index (κ2) is 8.35. The molecule has 0 saturated carbocycles. The first-order valence-electron chi connectivity index (χ1n) is 8.48. The normalized spacial score (nSPS) is 11.7. The van der Waals surface area contributed by atoms with Crippen molar-refractivity contribution >= 4 is 34.6 Å². The van der Waals surface area contributed by atoms with Crippen LogP contribution in [0.3, 0.4) is 0 Å². The molecule has 0 radical (unpaired) electrons. The van der Waals surface area contributed by atoms with Gasteiger partial charge < -0.3 is 10.6 Å². The summed E-state index contributed by atoms with van der Waals surface area (Å²) in [5.74, 6) is 0. The molecular formula is C22H21ClN2S. The van der Waals surface area contributed by atoms with Crippen LogP contribution in [0.25, 0.3) is 0 Å². The van der Waals surface area contributed by atoms with Crippen molar-refractivity contribution in [3.63, 3.8) is 0 Å². The van der Waals surface area contributed by atoms with E-state index in [4.69, 9.17) is 23.8 Å². The molecule has 1 atom stereocenters. The number of nitrogens with one attached hydrogen (secondary N) is 2. The van der Waals surface area contributed by atoms with Gasteiger partial charge in [0.2, 0.25) is 0 Å². The molecule has 0 aliphatic heterocycles. The largest absolute Gasteiger partial charge is 0.352 e. The zero-order valence-electron chi connectivity index (χ0n) is 14.8. The Kier molecular flexibility index (Phi) is 5.92. The summed E-state index contributed by atoms with van der Waals surface area (Å²) in [5.41, 5.74) is 5.71. The van der Waals surface area contributed by atoms with Crippen LogP contribution < -0.4 is 10.6 Å². The Balaban J connectivity index is 1.87. The van der Waals surface area contributed by atoms with E-state index in [1.54, 1.807) is 0 Å². The molecule has 2 N–H and O–H groups in total. The molecule has 0 fully saturated rings. The van der Waals surface area contributed by atoms with Gasteiger partial charge in [-0.25, -0.2) is 0 Å². The van der Waals surface area contributed by atoms with E-state index in [9.17, 15) is 0 Å². The smallest absolute Gasteiger partial charge is 0.171 e. The maximum Gasteiger partial charge on any atom is 0.171 e. The molecule has 0 spiro atoms. The molecule has 0 amide bonds. The summed E-state index contributed by atoms with van der Waals surface area (Å²) in [7, 11) is 0. The standard InChI is InChI=1S/C22H21ClN2S/c1-15-11-12-20(16(2)13-15)21(17-7-4-3-5-8-17)25-22(26)24-19-10-6-9-18(23)14-19/h3-14,21H,1-2H3,(H2,24,25,26). The van der Waals surface area contributed by atoms with Crippen LogP contribution >= 0.6 is 23.8 Å². The Bertz CT molecular complexity index is 909. The van der Waals surface area contributed by atoms with Gasteiger partial charge in [-0.05, 0) is 61.0 Å². The van der Waals surface area contributed by atoms with Crippen molar-refractivity contribution in [2.45, 2.75) is 19.9 Å². The van der Waals surface area contributed by atoms with E-state index in [1.807, 2.05) is 42.5 Å². The van der Waals surface area contributed by atoms with Crippen LogP contribution in [0.1, 0.15) is 28.3 Å². The fourth-order valence-electron chi connectivity index (χ4n) is 3.00. The molecule has 26 heavy (non-hydrogen) atoms. The minimum atomic E-state index is -0.0315. The van der Waals surface area contributed by atoms with E-state index in [0.29, 0.717) is 10.1 Å². The lowest BCUT2D eigenvalue weighted by atomic mass is 9.94. The average molecular weight is 381 g/mol. The maximum absolute atomic E-state index is 6.06. The number of rotatable bonds is 4. The fourth-order valence-corrected chi connectivity index (χ4v) is 3.43. The van der Waals surface area contributed by atoms with Gasteiger partial charge in [-0.1, -0.05) is 71.8 Å². The highest BCUT2D eigenvalue weighted by molar-refractivity contribution is 7.80. The molecule has 3 rings (SSSR count). The van der Waals surface area contributed by atoms with Gasteiger partial charge in [0, 0.05) is 10.7 Å². The third-order valence-corrected chi connectivity index (χ3v) is 4.68. The molecule has 3 aromatic carbocycles. The van der Waals surface area contributed by atoms with Crippen molar-refractivity contribution in [3.8, 4) is 0 Å². The number of thiocarbonyl (C=S) groups is 1. The van der Waals surface area contributed by atoms with Gasteiger partial charge in [0.05, 0.1) is 6.04 Å². The molecule has 0 heterocycles. The third kappa shape index (κ3) is 4.63. The third-order valence-electron chi connectivity index (χ3n) is 4.23. The topological polar surface area (TPSA) is 24.1 Å². The first-order valence-corrected chi connectivity index (χ1v) is 9.27. The summed E-state index contributed by atoms with van der Waals surface area (Å²) in [6, 6.07) is 24.3. The lowest BCUT2D eigenvalue weighted by Gasteiger charge is -2.24. The summed E-state index contributed by atoms with van der Waals surface area (Å²) in [5, 5.41) is 7.90. The lowest BCUT2D eigenvalue weighted by Crippen LogP contribution is -2.33. The van der Waals surface area contributed by atoms with Crippen molar-refractivity contribution in [2.24, 2.45) is 0 Å². The number of halogens is 1. The first kappa shape index (κ1) is 18.4. The van der Waals surface area contributed by atoms with Gasteiger partial charge >= 0.3 is 0 Å². The van der Waals surface area contributed by atoms with Crippen LogP contribution in [-0.2, 0) is 0 Å². The van der Waals surface area contributed by atoms with Gasteiger partial charge in [-0.2, -0.15) is 0 Å². The fraction of sp³-hybridized carbons (Fsp3) is 0.136. The van der Waals surface area contributed by atoms with Crippen LogP contribution in [0.4, 0.5) is 5.69 Å². The van der Waals surface area contributed by atoms with E-state index in [0.717, 1.165) is 11.3 Å². The molecule has 132 valence electrons. The van der Waals surface area contributed by atoms with Crippen molar-refractivity contribution in [3.05, 3.63) is 100 Å². The Hall–Kier alpha value is -2.36. The van der Waals surface area contributed by atoms with Crippen molar-refractivity contribution in [2.75, 3.05) is 5.32 Å². The highest BCUT2D eigenvalue weighted by Crippen LogP contribution is 2.26. The van der Waals surface area contributed by atoms with Crippen LogP contribution in [0, 0.1) is 13.8 Å². The number of hydrogen-bond acceptors (Lipinski definition) is 1. The summed E-state index contributed by atoms with van der Waals surface area (Å²) < 4.78 is 0. The Morgan fingerprint density at radius 3 is 2.38 bits per heavy atom. The summed E-state index contributed by atoms with van der Waals surface area (Å²) in [6.45, 7) is 4.24. The highest BCUT2D eigenvalue weighted by atomic mass is 35.5. The van der Waals surface area contributed by atoms with Gasteiger partial charge in [0.25, 0.3) is 0 Å². The van der Waals surface area contributed by atoms with E-state index in [-0.39, 0.29) is 6.04 Å². The molecule has 0 saturated heterocycles. The minimum Gasteiger partial charge on any atom is -0.352 e. The van der Waals surface area contributed by atoms with Crippen molar-refractivity contribution in [1.29, 1.82) is 0 Å². The van der Waals surface area contributed by atoms with Crippen LogP contribution in [0.5, 0.6) is 0 Å². The van der Waals surface area contributed by atoms with Crippen LogP contribution in [0.15, 0.2) is 72.8 Å². The Labute approximate surface area is 165 Å². The molecule has 1 unspecified atom stereocenters. The van der Waals surface area contributed by atoms with Gasteiger partial charge in [-0.3, -0.25) is 0 Å². The molecule has 0 aliphatic rings. The number of benzene rings is 3. The highest BCUT2D eigenvalue weighted by Gasteiger charge is 2.17. The summed E-state index contributed by atoms with van der Waals surface area (Å²) >= 11 is 11.6. The average Bonchev–Trinajstić information content (AvgIpc) is 2.61. The van der Waals surface area contributed by atoms with Gasteiger partial charge in [0.1, 0.15) is 0 Å². The molecule has 0 bridgehead atoms. The van der Waals surface area contributed by atoms with E-state index < -0.39 is 0 Å². The van der Waals surface area contributed by atoms with Crippen molar-refractivity contribution in [1.82, 2.24) is 5.32 Å². The van der Waals surface area contributed by atoms with Crippen LogP contribution in [-0.4, -0.2) is 5.11 Å². The van der Waals surface area contributed by atoms with Gasteiger partial charge in [-0.15, -0.1) is 0 Å². The molecule has 0 aromatic heterocycles. The van der Waals surface area contributed by atoms with E-state index in [2.05, 4.69) is 54.8 Å². The van der Waals surface area contributed by atoms with Crippen LogP contribution in [0.2, 0.25) is 5.02 Å². The summed E-state index contributed by atoms with van der Waals surface area (Å²) in [6.07, 6.45) is 0. The predicted molar refractivity (Wildman–Crippen MR) is 115 cm³/mol. The SMILES string of the molecule is Cc1ccc(C(NC(=S)Nc2cccc(Cl)c2)c2ccccc2)c(C)c1. The molecule has 0 aliphatic carbocycles. The maximum atomic E-state index is 6.06. The number of hydrogen-bond donors (Lipinski definition) is 2. The Morgan fingerprint density at radius 2 is 1.69 bits per heavy atom. The lowest BCUT2D eigenvalue weighted by molar-refractivity contribution is 0.762. The number of anilines is 1. The van der Waals surface area contributed by atoms with Crippen molar-refractivity contribution < 1.29 is 0 Å². The molecular weight excluding hydrogens is 360 g/mol. The predicted octanol–water partition coefficient (Wildman–Crippen LogP) is 6.03.